The minimum Gasteiger partial charge on any atom is -0.325 e. The van der Waals surface area contributed by atoms with Gasteiger partial charge in [0, 0.05) is 18.0 Å². The van der Waals surface area contributed by atoms with E-state index in [1.165, 1.54) is 10.9 Å². The van der Waals surface area contributed by atoms with Crippen molar-refractivity contribution in [3.63, 3.8) is 0 Å². The van der Waals surface area contributed by atoms with Gasteiger partial charge in [0.05, 0.1) is 6.20 Å². The van der Waals surface area contributed by atoms with Gasteiger partial charge in [-0.2, -0.15) is 0 Å². The molecule has 1 rings (SSSR count). The molecule has 0 amide bonds. The number of carbonyl (C=O) groups is 1. The van der Waals surface area contributed by atoms with E-state index in [0.717, 1.165) is 0 Å². The molecule has 1 aromatic rings. The third kappa shape index (κ3) is 1.92. The third-order valence-corrected chi connectivity index (χ3v) is 3.13. The summed E-state index contributed by atoms with van der Waals surface area (Å²) in [5, 5.41) is 7.43. The van der Waals surface area contributed by atoms with E-state index in [0.29, 0.717) is 5.69 Å². The molecule has 0 aromatic carbocycles. The smallest absolute Gasteiger partial charge is 0.189 e. The van der Waals surface area contributed by atoms with E-state index in [1.54, 1.807) is 7.05 Å². The van der Waals surface area contributed by atoms with Crippen molar-refractivity contribution < 1.29 is 4.79 Å². The Morgan fingerprint density at radius 1 is 1.40 bits per heavy atom. The van der Waals surface area contributed by atoms with Crippen LogP contribution in [-0.4, -0.2) is 26.3 Å². The molecule has 0 atom stereocenters. The normalized spacial score (nSPS) is 12.9. The van der Waals surface area contributed by atoms with Crippen molar-refractivity contribution in [3.05, 3.63) is 11.9 Å². The summed E-state index contributed by atoms with van der Waals surface area (Å²) in [7, 11) is 1.69. The van der Waals surface area contributed by atoms with Crippen LogP contribution in [0.5, 0.6) is 0 Å². The van der Waals surface area contributed by atoms with Gasteiger partial charge < -0.3 is 5.73 Å². The fourth-order valence-corrected chi connectivity index (χ4v) is 1.11. The van der Waals surface area contributed by atoms with Crippen molar-refractivity contribution in [3.8, 4) is 0 Å². The van der Waals surface area contributed by atoms with Crippen LogP contribution < -0.4 is 5.73 Å². The van der Waals surface area contributed by atoms with Crippen LogP contribution in [0.25, 0.3) is 0 Å². The van der Waals surface area contributed by atoms with Crippen LogP contribution >= 0.6 is 0 Å². The first-order valence-corrected chi connectivity index (χ1v) is 4.86. The molecule has 5 nitrogen and oxygen atoms in total. The Kier molecular flexibility index (Phi) is 2.69. The molecule has 1 heterocycles. The summed E-state index contributed by atoms with van der Waals surface area (Å²) < 4.78 is 1.47. The van der Waals surface area contributed by atoms with E-state index in [2.05, 4.69) is 10.3 Å². The summed E-state index contributed by atoms with van der Waals surface area (Å²) in [6, 6.07) is 0. The number of rotatable bonds is 3. The largest absolute Gasteiger partial charge is 0.325 e. The summed E-state index contributed by atoms with van der Waals surface area (Å²) >= 11 is 0. The topological polar surface area (TPSA) is 73.8 Å². The molecule has 0 aliphatic heterocycles. The predicted molar refractivity (Wildman–Crippen MR) is 57.4 cm³/mol. The van der Waals surface area contributed by atoms with Crippen molar-refractivity contribution in [2.75, 3.05) is 0 Å². The number of hydrogen-bond acceptors (Lipinski definition) is 4. The Labute approximate surface area is 89.6 Å². The maximum atomic E-state index is 12.2. The van der Waals surface area contributed by atoms with Crippen molar-refractivity contribution in [1.29, 1.82) is 0 Å². The second kappa shape index (κ2) is 3.41. The van der Waals surface area contributed by atoms with E-state index < -0.39 is 11.0 Å². The van der Waals surface area contributed by atoms with Crippen molar-refractivity contribution in [1.82, 2.24) is 15.0 Å². The van der Waals surface area contributed by atoms with Gasteiger partial charge in [0.15, 0.2) is 5.78 Å². The predicted octanol–water partition coefficient (Wildman–Crippen LogP) is 0.761. The monoisotopic (exact) mass is 210 g/mol. The SMILES string of the molecule is Cn1nncc1C(=O)C(C)(C)C(C)(C)N. The number of aromatic nitrogens is 3. The van der Waals surface area contributed by atoms with Gasteiger partial charge in [-0.1, -0.05) is 19.1 Å². The molecule has 5 heteroatoms. The summed E-state index contributed by atoms with van der Waals surface area (Å²) in [6.45, 7) is 7.36. The Hall–Kier alpha value is -1.23. The molecule has 0 unspecified atom stereocenters. The fraction of sp³-hybridized carbons (Fsp3) is 0.700. The van der Waals surface area contributed by atoms with Crippen LogP contribution in [0.15, 0.2) is 6.20 Å². The van der Waals surface area contributed by atoms with Crippen LogP contribution in [0, 0.1) is 5.41 Å². The second-order valence-corrected chi connectivity index (χ2v) is 4.92. The second-order valence-electron chi connectivity index (χ2n) is 4.92. The molecule has 0 fully saturated rings. The number of carbonyl (C=O) groups excluding carboxylic acids is 1. The van der Waals surface area contributed by atoms with E-state index in [9.17, 15) is 4.79 Å². The van der Waals surface area contributed by atoms with Crippen molar-refractivity contribution in [2.24, 2.45) is 18.2 Å². The fourth-order valence-electron chi connectivity index (χ4n) is 1.11. The lowest BCUT2D eigenvalue weighted by atomic mass is 9.71. The number of Topliss-reactive ketones (excluding diaryl/α,β-unsaturated/α-hetero) is 1. The van der Waals surface area contributed by atoms with Gasteiger partial charge >= 0.3 is 0 Å². The summed E-state index contributed by atoms with van der Waals surface area (Å²) in [5.74, 6) is -0.0394. The Morgan fingerprint density at radius 3 is 2.27 bits per heavy atom. The molecule has 84 valence electrons. The van der Waals surface area contributed by atoms with Crippen LogP contribution in [0.3, 0.4) is 0 Å². The highest BCUT2D eigenvalue weighted by Crippen LogP contribution is 2.31. The minimum absolute atomic E-state index is 0.0394. The van der Waals surface area contributed by atoms with Crippen LogP contribution in [0.1, 0.15) is 38.2 Å². The lowest BCUT2D eigenvalue weighted by molar-refractivity contribution is 0.0724. The van der Waals surface area contributed by atoms with Gasteiger partial charge in [0.2, 0.25) is 0 Å². The maximum Gasteiger partial charge on any atom is 0.189 e. The van der Waals surface area contributed by atoms with E-state index >= 15 is 0 Å². The van der Waals surface area contributed by atoms with Crippen molar-refractivity contribution in [2.45, 2.75) is 33.2 Å². The zero-order valence-corrected chi connectivity index (χ0v) is 9.90. The molecule has 0 saturated heterocycles. The maximum absolute atomic E-state index is 12.2. The molecule has 15 heavy (non-hydrogen) atoms. The molecular formula is C10H18N4O. The summed E-state index contributed by atoms with van der Waals surface area (Å²) in [5.41, 5.74) is 5.24. The quantitative estimate of drug-likeness (QED) is 0.747. The summed E-state index contributed by atoms with van der Waals surface area (Å²) in [6.07, 6.45) is 1.47. The Morgan fingerprint density at radius 2 is 1.93 bits per heavy atom. The standard InChI is InChI=1S/C10H18N4O/c1-9(2,10(3,4)11)8(15)7-6-12-13-14(7)5/h6H,11H2,1-5H3. The molecule has 0 spiro atoms. The van der Waals surface area contributed by atoms with Crippen molar-refractivity contribution >= 4 is 5.78 Å². The molecule has 0 saturated carbocycles. The number of hydrogen-bond donors (Lipinski definition) is 1. The first-order valence-electron chi connectivity index (χ1n) is 4.86. The molecule has 0 radical (unpaired) electrons. The van der Waals surface area contributed by atoms with Gasteiger partial charge in [-0.15, -0.1) is 5.10 Å². The zero-order valence-electron chi connectivity index (χ0n) is 9.90. The highest BCUT2D eigenvalue weighted by molar-refractivity contribution is 5.99. The first kappa shape index (κ1) is 11.8. The molecule has 2 N–H and O–H groups in total. The number of nitrogens with two attached hydrogens (primary N) is 1. The number of aryl methyl sites for hydroxylation is 1. The summed E-state index contributed by atoms with van der Waals surface area (Å²) in [4.78, 5) is 12.2. The molecule has 0 aliphatic carbocycles. The Balaban J connectivity index is 3.11. The highest BCUT2D eigenvalue weighted by atomic mass is 16.1. The minimum atomic E-state index is -0.650. The number of ketones is 1. The van der Waals surface area contributed by atoms with Gasteiger partial charge in [-0.05, 0) is 13.8 Å². The number of nitrogens with zero attached hydrogens (tertiary/aromatic N) is 3. The van der Waals surface area contributed by atoms with E-state index in [-0.39, 0.29) is 5.78 Å². The zero-order chi connectivity index (χ0) is 11.9. The van der Waals surface area contributed by atoms with E-state index in [4.69, 9.17) is 5.73 Å². The van der Waals surface area contributed by atoms with Gasteiger partial charge in [-0.25, -0.2) is 4.68 Å². The van der Waals surface area contributed by atoms with Gasteiger partial charge in [0.1, 0.15) is 5.69 Å². The van der Waals surface area contributed by atoms with E-state index in [1.807, 2.05) is 27.7 Å². The van der Waals surface area contributed by atoms with Crippen LogP contribution in [0.2, 0.25) is 0 Å². The molecular weight excluding hydrogens is 192 g/mol. The Bertz CT molecular complexity index is 373. The first-order chi connectivity index (χ1) is 6.68. The van der Waals surface area contributed by atoms with Gasteiger partial charge in [-0.3, -0.25) is 4.79 Å². The van der Waals surface area contributed by atoms with Gasteiger partial charge in [0.25, 0.3) is 0 Å². The van der Waals surface area contributed by atoms with Crippen LogP contribution in [0.4, 0.5) is 0 Å². The lowest BCUT2D eigenvalue weighted by Gasteiger charge is -2.36. The average molecular weight is 210 g/mol. The highest BCUT2D eigenvalue weighted by Gasteiger charge is 2.41. The molecule has 0 aliphatic rings. The third-order valence-electron chi connectivity index (χ3n) is 3.13. The molecule has 1 aromatic heterocycles. The lowest BCUT2D eigenvalue weighted by Crippen LogP contribution is -2.52. The molecule has 0 bridgehead atoms. The average Bonchev–Trinajstić information content (AvgIpc) is 2.48. The van der Waals surface area contributed by atoms with Crippen LogP contribution in [-0.2, 0) is 7.05 Å².